The van der Waals surface area contributed by atoms with Gasteiger partial charge in [0, 0.05) is 17.6 Å². The van der Waals surface area contributed by atoms with Gasteiger partial charge in [-0.25, -0.2) is 0 Å². The van der Waals surface area contributed by atoms with Gasteiger partial charge in [0.1, 0.15) is 11.8 Å². The third-order valence-corrected chi connectivity index (χ3v) is 5.45. The number of hydrogen-bond donors (Lipinski definition) is 1. The third-order valence-electron chi connectivity index (χ3n) is 4.85. The largest absolute Gasteiger partial charge is 0.484 e. The fourth-order valence-electron chi connectivity index (χ4n) is 3.19. The molecule has 0 aliphatic rings. The quantitative estimate of drug-likeness (QED) is 0.644. The molecule has 0 saturated carbocycles. The summed E-state index contributed by atoms with van der Waals surface area (Å²) in [5, 5.41) is 3.57. The van der Waals surface area contributed by atoms with Crippen LogP contribution in [0.2, 0.25) is 5.02 Å². The number of nitrogens with one attached hydrogen (secondary N) is 1. The van der Waals surface area contributed by atoms with Gasteiger partial charge in [-0.3, -0.25) is 9.59 Å². The lowest BCUT2D eigenvalue weighted by molar-refractivity contribution is -0.141. The van der Waals surface area contributed by atoms with Crippen LogP contribution >= 0.6 is 11.6 Å². The Labute approximate surface area is 184 Å². The maximum Gasteiger partial charge on any atom is 0.261 e. The van der Waals surface area contributed by atoms with E-state index in [9.17, 15) is 9.59 Å². The summed E-state index contributed by atoms with van der Waals surface area (Å²) in [5.41, 5.74) is 2.89. The van der Waals surface area contributed by atoms with Gasteiger partial charge in [-0.2, -0.15) is 0 Å². The van der Waals surface area contributed by atoms with Gasteiger partial charge in [-0.1, -0.05) is 41.9 Å². The van der Waals surface area contributed by atoms with Crippen molar-refractivity contribution in [1.82, 2.24) is 10.2 Å². The molecule has 0 heterocycles. The van der Waals surface area contributed by atoms with Crippen molar-refractivity contribution in [3.8, 4) is 5.75 Å². The Morgan fingerprint density at radius 3 is 2.23 bits per heavy atom. The molecular formula is C24H31ClN2O3. The number of ether oxygens (including phenoxy) is 1. The Balaban J connectivity index is 2.11. The molecule has 2 rings (SSSR count). The molecule has 0 bridgehead atoms. The van der Waals surface area contributed by atoms with Crippen molar-refractivity contribution in [3.63, 3.8) is 0 Å². The molecule has 30 heavy (non-hydrogen) atoms. The summed E-state index contributed by atoms with van der Waals surface area (Å²) in [6.45, 7) is 9.62. The molecule has 6 heteroatoms. The molecule has 0 fully saturated rings. The summed E-state index contributed by atoms with van der Waals surface area (Å²) in [4.78, 5) is 27.1. The van der Waals surface area contributed by atoms with E-state index in [1.807, 2.05) is 70.2 Å². The molecule has 1 N–H and O–H groups in total. The van der Waals surface area contributed by atoms with Gasteiger partial charge in [0.15, 0.2) is 6.61 Å². The second-order valence-electron chi connectivity index (χ2n) is 7.82. The van der Waals surface area contributed by atoms with E-state index in [1.54, 1.807) is 11.8 Å². The number of rotatable bonds is 9. The van der Waals surface area contributed by atoms with Crippen LogP contribution in [-0.2, 0) is 16.0 Å². The smallest absolute Gasteiger partial charge is 0.261 e. The van der Waals surface area contributed by atoms with Crippen molar-refractivity contribution in [2.24, 2.45) is 0 Å². The van der Waals surface area contributed by atoms with Crippen LogP contribution in [0.25, 0.3) is 0 Å². The van der Waals surface area contributed by atoms with Gasteiger partial charge in [0.25, 0.3) is 5.91 Å². The van der Waals surface area contributed by atoms with Crippen LogP contribution in [0.15, 0.2) is 42.5 Å². The van der Waals surface area contributed by atoms with Crippen LogP contribution < -0.4 is 10.1 Å². The van der Waals surface area contributed by atoms with Crippen LogP contribution in [0.5, 0.6) is 5.75 Å². The van der Waals surface area contributed by atoms with E-state index in [4.69, 9.17) is 16.3 Å². The zero-order valence-corrected chi connectivity index (χ0v) is 19.1. The standard InChI is InChI=1S/C24H31ClN2O3/c1-16(2)26-24(29)19(5)27(12-11-20-9-7-6-8-10-20)22(28)15-30-21-13-17(3)23(25)18(4)14-21/h6-10,13-14,16,19H,11-12,15H2,1-5H3,(H,26,29)/t19-/m0/s1. The number of benzene rings is 2. The Hall–Kier alpha value is -2.53. The monoisotopic (exact) mass is 430 g/mol. The Bertz CT molecular complexity index is 845. The van der Waals surface area contributed by atoms with Crippen LogP contribution in [-0.4, -0.2) is 41.9 Å². The number of nitrogens with zero attached hydrogens (tertiary/aromatic N) is 1. The predicted molar refractivity (Wildman–Crippen MR) is 121 cm³/mol. The number of carbonyl (C=O) groups excluding carboxylic acids is 2. The maximum absolute atomic E-state index is 13.0. The van der Waals surface area contributed by atoms with Crippen LogP contribution in [0, 0.1) is 13.8 Å². The van der Waals surface area contributed by atoms with Gasteiger partial charge >= 0.3 is 0 Å². The molecule has 0 radical (unpaired) electrons. The summed E-state index contributed by atoms with van der Waals surface area (Å²) in [6.07, 6.45) is 0.658. The number of amides is 2. The molecular weight excluding hydrogens is 400 g/mol. The Morgan fingerprint density at radius 2 is 1.67 bits per heavy atom. The Kier molecular flexibility index (Phi) is 8.72. The van der Waals surface area contributed by atoms with E-state index in [0.29, 0.717) is 23.7 Å². The van der Waals surface area contributed by atoms with Crippen molar-refractivity contribution < 1.29 is 14.3 Å². The molecule has 0 spiro atoms. The van der Waals surface area contributed by atoms with E-state index >= 15 is 0 Å². The second-order valence-corrected chi connectivity index (χ2v) is 8.20. The highest BCUT2D eigenvalue weighted by molar-refractivity contribution is 6.32. The van der Waals surface area contributed by atoms with E-state index < -0.39 is 6.04 Å². The first kappa shape index (κ1) is 23.7. The van der Waals surface area contributed by atoms with Crippen molar-refractivity contribution in [2.45, 2.75) is 53.1 Å². The van der Waals surface area contributed by atoms with Crippen LogP contribution in [0.4, 0.5) is 0 Å². The summed E-state index contributed by atoms with van der Waals surface area (Å²) < 4.78 is 5.75. The highest BCUT2D eigenvalue weighted by atomic mass is 35.5. The van der Waals surface area contributed by atoms with Crippen LogP contribution in [0.3, 0.4) is 0 Å². The summed E-state index contributed by atoms with van der Waals surface area (Å²) in [5.74, 6) is 0.178. The van der Waals surface area contributed by atoms with Crippen molar-refractivity contribution in [3.05, 3.63) is 64.2 Å². The third kappa shape index (κ3) is 6.77. The zero-order chi connectivity index (χ0) is 22.3. The average Bonchev–Trinajstić information content (AvgIpc) is 2.70. The minimum atomic E-state index is -0.596. The van der Waals surface area contributed by atoms with Crippen LogP contribution in [0.1, 0.15) is 37.5 Å². The van der Waals surface area contributed by atoms with E-state index in [2.05, 4.69) is 5.32 Å². The SMILES string of the molecule is Cc1cc(OCC(=O)N(CCc2ccccc2)[C@@H](C)C(=O)NC(C)C)cc(C)c1Cl. The van der Waals surface area contributed by atoms with E-state index in [-0.39, 0.29) is 24.5 Å². The molecule has 0 aromatic heterocycles. The maximum atomic E-state index is 13.0. The fraction of sp³-hybridized carbons (Fsp3) is 0.417. The molecule has 2 amide bonds. The lowest BCUT2D eigenvalue weighted by Crippen LogP contribution is -2.51. The van der Waals surface area contributed by atoms with Crippen molar-refractivity contribution in [1.29, 1.82) is 0 Å². The summed E-state index contributed by atoms with van der Waals surface area (Å²) in [7, 11) is 0. The van der Waals surface area contributed by atoms with Gasteiger partial charge in [-0.05, 0) is 69.9 Å². The first-order chi connectivity index (χ1) is 14.2. The van der Waals surface area contributed by atoms with Crippen molar-refractivity contribution >= 4 is 23.4 Å². The first-order valence-corrected chi connectivity index (χ1v) is 10.6. The normalized spacial score (nSPS) is 11.8. The van der Waals surface area contributed by atoms with Gasteiger partial charge in [0.05, 0.1) is 0 Å². The van der Waals surface area contributed by atoms with E-state index in [1.165, 1.54) is 0 Å². The summed E-state index contributed by atoms with van der Waals surface area (Å²) >= 11 is 6.20. The molecule has 0 saturated heterocycles. The minimum Gasteiger partial charge on any atom is -0.484 e. The topological polar surface area (TPSA) is 58.6 Å². The molecule has 0 aliphatic heterocycles. The summed E-state index contributed by atoms with van der Waals surface area (Å²) in [6, 6.07) is 12.9. The number of halogens is 1. The molecule has 0 unspecified atom stereocenters. The van der Waals surface area contributed by atoms with Gasteiger partial charge < -0.3 is 15.0 Å². The molecule has 1 atom stereocenters. The number of carbonyl (C=O) groups is 2. The molecule has 2 aromatic carbocycles. The second kappa shape index (κ2) is 11.0. The first-order valence-electron chi connectivity index (χ1n) is 10.2. The molecule has 162 valence electrons. The van der Waals surface area contributed by atoms with Gasteiger partial charge in [-0.15, -0.1) is 0 Å². The number of hydrogen-bond acceptors (Lipinski definition) is 3. The zero-order valence-electron chi connectivity index (χ0n) is 18.4. The fourth-order valence-corrected chi connectivity index (χ4v) is 3.30. The highest BCUT2D eigenvalue weighted by Crippen LogP contribution is 2.25. The molecule has 2 aromatic rings. The highest BCUT2D eigenvalue weighted by Gasteiger charge is 2.26. The van der Waals surface area contributed by atoms with Crippen molar-refractivity contribution in [2.75, 3.05) is 13.2 Å². The lowest BCUT2D eigenvalue weighted by atomic mass is 10.1. The Morgan fingerprint density at radius 1 is 1.07 bits per heavy atom. The van der Waals surface area contributed by atoms with Gasteiger partial charge in [0.2, 0.25) is 5.91 Å². The molecule has 0 aliphatic carbocycles. The van der Waals surface area contributed by atoms with E-state index in [0.717, 1.165) is 16.7 Å². The predicted octanol–water partition coefficient (Wildman–Crippen LogP) is 4.32. The number of aryl methyl sites for hydroxylation is 2. The average molecular weight is 431 g/mol. The molecule has 5 nitrogen and oxygen atoms in total. The lowest BCUT2D eigenvalue weighted by Gasteiger charge is -2.29. The minimum absolute atomic E-state index is 0.00212.